The van der Waals surface area contributed by atoms with Crippen LogP contribution in [0.4, 0.5) is 0 Å². The standard InChI is InChI=1S/C13H20O6/c1-6-9(16-7(2)14)11(17-8(3)15)12-10(6)18-13(4,5)19-12/h6,9-12H,1-5H3/t6-,9+,10+,11+,12+/m1/s1/i1D. The summed E-state index contributed by atoms with van der Waals surface area (Å²) in [4.78, 5) is 22.5. The van der Waals surface area contributed by atoms with Gasteiger partial charge in [0.05, 0.1) is 6.10 Å². The Hall–Kier alpha value is -1.14. The molecule has 0 radical (unpaired) electrons. The van der Waals surface area contributed by atoms with Crippen molar-refractivity contribution in [3.8, 4) is 0 Å². The van der Waals surface area contributed by atoms with Crippen LogP contribution in [0.1, 0.15) is 36.0 Å². The summed E-state index contributed by atoms with van der Waals surface area (Å²) in [7, 11) is 0. The van der Waals surface area contributed by atoms with E-state index in [1.54, 1.807) is 13.8 Å². The maximum absolute atomic E-state index is 11.3. The zero-order valence-electron chi connectivity index (χ0n) is 12.5. The van der Waals surface area contributed by atoms with Crippen molar-refractivity contribution in [3.05, 3.63) is 0 Å². The minimum absolute atomic E-state index is 0.00365. The monoisotopic (exact) mass is 273 g/mol. The van der Waals surface area contributed by atoms with Crippen LogP contribution >= 0.6 is 0 Å². The maximum atomic E-state index is 11.3. The summed E-state index contributed by atoms with van der Waals surface area (Å²) in [5.41, 5.74) is 0. The largest absolute Gasteiger partial charge is 0.458 e. The van der Waals surface area contributed by atoms with E-state index in [4.69, 9.17) is 20.3 Å². The number of fused-ring (bicyclic) bond motifs is 1. The van der Waals surface area contributed by atoms with Gasteiger partial charge in [-0.1, -0.05) is 6.90 Å². The Kier molecular flexibility index (Phi) is 3.22. The van der Waals surface area contributed by atoms with Crippen molar-refractivity contribution in [2.24, 2.45) is 5.92 Å². The molecule has 0 spiro atoms. The molecule has 0 unspecified atom stereocenters. The van der Waals surface area contributed by atoms with Gasteiger partial charge in [0.1, 0.15) is 12.2 Å². The molecule has 6 heteroatoms. The highest BCUT2D eigenvalue weighted by Gasteiger charge is 2.60. The van der Waals surface area contributed by atoms with Gasteiger partial charge in [-0.2, -0.15) is 0 Å². The Morgan fingerprint density at radius 1 is 1.05 bits per heavy atom. The lowest BCUT2D eigenvalue weighted by Crippen LogP contribution is -2.40. The van der Waals surface area contributed by atoms with Crippen LogP contribution in [0.25, 0.3) is 0 Å². The second-order valence-electron chi connectivity index (χ2n) is 5.38. The number of ether oxygens (including phenoxy) is 4. The molecule has 0 aromatic heterocycles. The maximum Gasteiger partial charge on any atom is 0.303 e. The number of carbonyl (C=O) groups is 2. The second-order valence-corrected chi connectivity index (χ2v) is 5.38. The molecule has 0 N–H and O–H groups in total. The van der Waals surface area contributed by atoms with Crippen molar-refractivity contribution in [3.63, 3.8) is 0 Å². The third-order valence-electron chi connectivity index (χ3n) is 3.26. The molecule has 0 aromatic carbocycles. The highest BCUT2D eigenvalue weighted by Crippen LogP contribution is 2.44. The predicted molar refractivity (Wildman–Crippen MR) is 64.1 cm³/mol. The summed E-state index contributed by atoms with van der Waals surface area (Å²) >= 11 is 0. The summed E-state index contributed by atoms with van der Waals surface area (Å²) in [6.07, 6.45) is -2.39. The Bertz CT molecular complexity index is 410. The first-order valence-corrected chi connectivity index (χ1v) is 6.24. The molecule has 1 saturated carbocycles. The molecule has 2 rings (SSSR count). The fourth-order valence-corrected chi connectivity index (χ4v) is 2.69. The van der Waals surface area contributed by atoms with E-state index in [1.807, 2.05) is 0 Å². The topological polar surface area (TPSA) is 71.1 Å². The van der Waals surface area contributed by atoms with Crippen LogP contribution in [0, 0.1) is 5.92 Å². The predicted octanol–water partition coefficient (Wildman–Crippen LogP) is 1.02. The average Bonchev–Trinajstić information content (AvgIpc) is 2.71. The van der Waals surface area contributed by atoms with Gasteiger partial charge in [-0.15, -0.1) is 0 Å². The normalized spacial score (nSPS) is 40.4. The van der Waals surface area contributed by atoms with E-state index in [0.29, 0.717) is 0 Å². The third-order valence-corrected chi connectivity index (χ3v) is 3.26. The van der Waals surface area contributed by atoms with Crippen LogP contribution < -0.4 is 0 Å². The van der Waals surface area contributed by atoms with Gasteiger partial charge in [0.15, 0.2) is 11.9 Å². The summed E-state index contributed by atoms with van der Waals surface area (Å²) < 4.78 is 29.7. The van der Waals surface area contributed by atoms with Crippen LogP contribution in [0.5, 0.6) is 0 Å². The molecule has 1 saturated heterocycles. The van der Waals surface area contributed by atoms with Crippen LogP contribution in [0.2, 0.25) is 0 Å². The molecule has 19 heavy (non-hydrogen) atoms. The molecule has 6 nitrogen and oxygen atoms in total. The van der Waals surface area contributed by atoms with Crippen molar-refractivity contribution in [2.75, 3.05) is 0 Å². The van der Waals surface area contributed by atoms with E-state index < -0.39 is 42.1 Å². The van der Waals surface area contributed by atoms with Gasteiger partial charge in [-0.25, -0.2) is 0 Å². The lowest BCUT2D eigenvalue weighted by Gasteiger charge is -2.28. The molecule has 0 amide bonds. The summed E-state index contributed by atoms with van der Waals surface area (Å²) in [6.45, 7) is 6.09. The SMILES string of the molecule is [2H]C[C@@H]1[C@H](OC(C)=O)[C@H](OC(C)=O)[C@H]2OC(C)(C)O[C@@H]12. The first-order chi connectivity index (χ1) is 9.25. The van der Waals surface area contributed by atoms with E-state index in [-0.39, 0.29) is 12.8 Å². The quantitative estimate of drug-likeness (QED) is 0.699. The molecule has 5 atom stereocenters. The van der Waals surface area contributed by atoms with E-state index in [2.05, 4.69) is 0 Å². The summed E-state index contributed by atoms with van der Waals surface area (Å²) in [5.74, 6) is -2.15. The fourth-order valence-electron chi connectivity index (χ4n) is 2.69. The smallest absolute Gasteiger partial charge is 0.303 e. The van der Waals surface area contributed by atoms with Crippen molar-refractivity contribution < 1.29 is 29.9 Å². The fraction of sp³-hybridized carbons (Fsp3) is 0.846. The summed E-state index contributed by atoms with van der Waals surface area (Å²) in [5, 5.41) is 0. The number of rotatable bonds is 2. The van der Waals surface area contributed by atoms with Crippen molar-refractivity contribution in [1.29, 1.82) is 0 Å². The second kappa shape index (κ2) is 4.76. The van der Waals surface area contributed by atoms with Crippen LogP contribution in [0.3, 0.4) is 0 Å². The number of hydrogen-bond donors (Lipinski definition) is 0. The van der Waals surface area contributed by atoms with E-state index in [9.17, 15) is 9.59 Å². The van der Waals surface area contributed by atoms with Gasteiger partial charge in [0.2, 0.25) is 0 Å². The molecule has 1 aliphatic carbocycles. The Morgan fingerprint density at radius 3 is 2.11 bits per heavy atom. The minimum Gasteiger partial charge on any atom is -0.458 e. The Balaban J connectivity index is 2.27. The molecule has 0 bridgehead atoms. The van der Waals surface area contributed by atoms with Gasteiger partial charge >= 0.3 is 11.9 Å². The zero-order chi connectivity index (χ0) is 15.1. The van der Waals surface area contributed by atoms with Crippen molar-refractivity contribution in [1.82, 2.24) is 0 Å². The van der Waals surface area contributed by atoms with Gasteiger partial charge in [0, 0.05) is 21.1 Å². The molecule has 2 aliphatic rings. The lowest BCUT2D eigenvalue weighted by molar-refractivity contribution is -0.198. The lowest BCUT2D eigenvalue weighted by atomic mass is 10.1. The molecule has 1 aliphatic heterocycles. The number of esters is 2. The molecular weight excluding hydrogens is 252 g/mol. The number of hydrogen-bond acceptors (Lipinski definition) is 6. The molecule has 108 valence electrons. The van der Waals surface area contributed by atoms with Crippen LogP contribution in [0.15, 0.2) is 0 Å². The molecular formula is C13H20O6. The molecule has 2 fully saturated rings. The van der Waals surface area contributed by atoms with Gasteiger partial charge in [-0.3, -0.25) is 9.59 Å². The van der Waals surface area contributed by atoms with Crippen LogP contribution in [-0.4, -0.2) is 42.1 Å². The van der Waals surface area contributed by atoms with Crippen molar-refractivity contribution in [2.45, 2.75) is 64.8 Å². The molecule has 0 aromatic rings. The first-order valence-electron chi connectivity index (χ1n) is 6.95. The zero-order valence-corrected chi connectivity index (χ0v) is 11.5. The van der Waals surface area contributed by atoms with E-state index in [1.165, 1.54) is 13.8 Å². The third kappa shape index (κ3) is 2.74. The van der Waals surface area contributed by atoms with E-state index >= 15 is 0 Å². The van der Waals surface area contributed by atoms with Gasteiger partial charge in [0.25, 0.3) is 0 Å². The summed E-state index contributed by atoms with van der Waals surface area (Å²) in [6, 6.07) is 0. The Labute approximate surface area is 113 Å². The van der Waals surface area contributed by atoms with Crippen LogP contribution in [-0.2, 0) is 28.5 Å². The minimum atomic E-state index is -0.803. The average molecular weight is 273 g/mol. The van der Waals surface area contributed by atoms with Crippen molar-refractivity contribution >= 4 is 11.9 Å². The Morgan fingerprint density at radius 2 is 1.58 bits per heavy atom. The van der Waals surface area contributed by atoms with E-state index in [0.717, 1.165) is 0 Å². The molecule has 1 heterocycles. The first kappa shape index (κ1) is 12.9. The highest BCUT2D eigenvalue weighted by atomic mass is 16.8. The van der Waals surface area contributed by atoms with Gasteiger partial charge < -0.3 is 18.9 Å². The number of carbonyl (C=O) groups excluding carboxylic acids is 2. The van der Waals surface area contributed by atoms with Gasteiger partial charge in [-0.05, 0) is 13.8 Å². The highest BCUT2D eigenvalue weighted by molar-refractivity contribution is 5.67.